The number of aliphatic hydroxyl groups excluding tert-OH is 4. The van der Waals surface area contributed by atoms with Gasteiger partial charge in [-0.1, -0.05) is 87.3 Å². The monoisotopic (exact) mass is 817 g/mol. The molecule has 9 N–H and O–H groups in total. The summed E-state index contributed by atoms with van der Waals surface area (Å²) in [5, 5.41) is 82.6. The lowest BCUT2D eigenvalue weighted by Crippen LogP contribution is -2.54. The van der Waals surface area contributed by atoms with Crippen LogP contribution < -0.4 is 10.6 Å². The van der Waals surface area contributed by atoms with Gasteiger partial charge < -0.3 is 46.4 Å². The van der Waals surface area contributed by atoms with E-state index < -0.39 is 36.4 Å². The average molecular weight is 817 g/mol. The van der Waals surface area contributed by atoms with Crippen LogP contribution in [0.15, 0.2) is 65.8 Å². The molecule has 2 heterocycles. The molecule has 2 aliphatic heterocycles. The highest BCUT2D eigenvalue weighted by atomic mass is 16.4. The maximum atomic E-state index is 12.6. The molecule has 10 nitrogen and oxygen atoms in total. The first-order chi connectivity index (χ1) is 28.3. The number of carboxylic acids is 1. The first kappa shape index (κ1) is 48.1. The lowest BCUT2D eigenvalue weighted by Gasteiger charge is -2.38. The van der Waals surface area contributed by atoms with E-state index in [0.717, 1.165) is 84.8 Å². The van der Waals surface area contributed by atoms with Crippen molar-refractivity contribution < 1.29 is 40.5 Å². The topological polar surface area (TPSA) is 183 Å². The molecule has 10 heteroatoms. The van der Waals surface area contributed by atoms with Gasteiger partial charge in [-0.2, -0.15) is 0 Å². The molecule has 0 amide bonds. The molecule has 0 aromatic heterocycles. The van der Waals surface area contributed by atoms with E-state index in [9.17, 15) is 40.5 Å². The van der Waals surface area contributed by atoms with Crippen molar-refractivity contribution in [1.29, 1.82) is 0 Å². The van der Waals surface area contributed by atoms with Crippen molar-refractivity contribution in [3.05, 3.63) is 88.0 Å². The zero-order valence-electron chi connectivity index (χ0n) is 35.7. The summed E-state index contributed by atoms with van der Waals surface area (Å²) < 4.78 is 0. The van der Waals surface area contributed by atoms with E-state index in [1.165, 1.54) is 0 Å². The van der Waals surface area contributed by atoms with Crippen LogP contribution in [-0.4, -0.2) is 96.9 Å². The number of aliphatic hydroxyl groups is 5. The number of unbranched alkanes of at least 4 members (excludes halogenated alkanes) is 2. The minimum Gasteiger partial charge on any atom is -0.508 e. The summed E-state index contributed by atoms with van der Waals surface area (Å²) in [6.07, 6.45) is 13.0. The van der Waals surface area contributed by atoms with Crippen LogP contribution in [0.3, 0.4) is 0 Å². The molecular formula is C49H72N2O8. The Bertz CT molecular complexity index is 1730. The molecule has 4 rings (SSSR count). The maximum Gasteiger partial charge on any atom is 0.303 e. The van der Waals surface area contributed by atoms with Crippen LogP contribution in [0, 0.1) is 17.8 Å². The predicted octanol–water partition coefficient (Wildman–Crippen LogP) is 6.26. The highest BCUT2D eigenvalue weighted by Crippen LogP contribution is 2.32. The molecule has 0 spiro atoms. The number of phenolic OH excluding ortho intramolecular Hbond substituents is 1. The summed E-state index contributed by atoms with van der Waals surface area (Å²) in [5.41, 5.74) is 3.97. The minimum atomic E-state index is -1.38. The zero-order chi connectivity index (χ0) is 42.8. The number of carbonyl (C=O) groups is 1. The molecule has 2 aromatic rings. The maximum absolute atomic E-state index is 12.6. The van der Waals surface area contributed by atoms with Gasteiger partial charge in [-0.3, -0.25) is 4.79 Å². The Hall–Kier alpha value is -3.53. The van der Waals surface area contributed by atoms with Gasteiger partial charge >= 0.3 is 5.97 Å². The van der Waals surface area contributed by atoms with E-state index in [4.69, 9.17) is 0 Å². The molecular weight excluding hydrogens is 745 g/mol. The number of aryl methyl sites for hydroxylation is 1. The molecule has 2 aromatic carbocycles. The molecule has 0 aliphatic carbocycles. The molecule has 326 valence electrons. The van der Waals surface area contributed by atoms with Crippen molar-refractivity contribution in [1.82, 2.24) is 10.6 Å². The lowest BCUT2D eigenvalue weighted by molar-refractivity contribution is -0.138. The molecule has 59 heavy (non-hydrogen) atoms. The number of hydrogen-bond acceptors (Lipinski definition) is 9. The van der Waals surface area contributed by atoms with Gasteiger partial charge in [0.15, 0.2) is 0 Å². The van der Waals surface area contributed by atoms with Gasteiger partial charge in [0, 0.05) is 55.6 Å². The number of nitrogens with one attached hydrogen (secondary N) is 2. The lowest BCUT2D eigenvalue weighted by atomic mass is 9.82. The van der Waals surface area contributed by atoms with Crippen molar-refractivity contribution >= 4 is 5.97 Å². The van der Waals surface area contributed by atoms with Crippen LogP contribution in [0.5, 0.6) is 5.75 Å². The van der Waals surface area contributed by atoms with Crippen LogP contribution in [-0.2, 0) is 24.1 Å². The van der Waals surface area contributed by atoms with Crippen molar-refractivity contribution in [2.75, 3.05) is 13.2 Å². The van der Waals surface area contributed by atoms with Crippen molar-refractivity contribution in [3.8, 4) is 17.6 Å². The molecule has 2 aliphatic rings. The fourth-order valence-electron chi connectivity index (χ4n) is 8.98. The van der Waals surface area contributed by atoms with E-state index in [-0.39, 0.29) is 62.1 Å². The van der Waals surface area contributed by atoms with E-state index in [0.29, 0.717) is 32.1 Å². The zero-order valence-corrected chi connectivity index (χ0v) is 35.7. The van der Waals surface area contributed by atoms with Gasteiger partial charge in [0.1, 0.15) is 5.75 Å². The highest BCUT2D eigenvalue weighted by Gasteiger charge is 2.36. The minimum absolute atomic E-state index is 0.00267. The fraction of sp³-hybridized carbons (Fsp3) is 0.612. The second kappa shape index (κ2) is 24.7. The van der Waals surface area contributed by atoms with Crippen LogP contribution in [0.1, 0.15) is 133 Å². The number of hydrogen-bond donors (Lipinski definition) is 9. The number of fused-ring (bicyclic) bond motifs is 1. The van der Waals surface area contributed by atoms with Gasteiger partial charge in [0.05, 0.1) is 24.4 Å². The summed E-state index contributed by atoms with van der Waals surface area (Å²) in [6.45, 7) is 5.53. The van der Waals surface area contributed by atoms with Crippen LogP contribution in [0.2, 0.25) is 0 Å². The Morgan fingerprint density at radius 2 is 1.81 bits per heavy atom. The summed E-state index contributed by atoms with van der Waals surface area (Å²) in [7, 11) is 0. The predicted molar refractivity (Wildman–Crippen MR) is 234 cm³/mol. The summed E-state index contributed by atoms with van der Waals surface area (Å²) >= 11 is 0. The summed E-state index contributed by atoms with van der Waals surface area (Å²) in [5.74, 6) is 6.07. The second-order valence-electron chi connectivity index (χ2n) is 17.3. The Kier molecular flexibility index (Phi) is 20.1. The third kappa shape index (κ3) is 15.8. The highest BCUT2D eigenvalue weighted by molar-refractivity contribution is 5.67. The van der Waals surface area contributed by atoms with E-state index in [1.54, 1.807) is 25.1 Å². The number of allylic oxidation sites excluding steroid dienone is 2. The van der Waals surface area contributed by atoms with Crippen molar-refractivity contribution in [2.24, 2.45) is 5.92 Å². The Morgan fingerprint density at radius 3 is 2.56 bits per heavy atom. The van der Waals surface area contributed by atoms with Gasteiger partial charge in [0.25, 0.3) is 0 Å². The number of rotatable bonds is 20. The molecule has 0 unspecified atom stereocenters. The Morgan fingerprint density at radius 1 is 1.02 bits per heavy atom. The number of aromatic hydroxyl groups is 1. The number of carboxylic acid groups (broad SMARTS) is 1. The molecule has 1 fully saturated rings. The van der Waals surface area contributed by atoms with Crippen LogP contribution >= 0.6 is 0 Å². The second-order valence-corrected chi connectivity index (χ2v) is 17.3. The van der Waals surface area contributed by atoms with Gasteiger partial charge in [-0.05, 0) is 124 Å². The standard InChI is InChI=1S/C49H72N2O8/c1-4-5-6-17-41(54)25-23-37-22-21-36-14-8-7-13-35(36)15-10-20-47(49(3,59)32-40-24-26-42(55)29-38(40)27-28-52)51-46(44(37)31-43(56)33-53)19-11-18-45-39(30-48(57)58)16-9-12-34(2)50-45/h7-8,13-14,23-26,29,34,39,41,43,45-47,50-56,59H,4-6,9,11-12,16-22,27-28,30-33H2,1-3H3,(H,57,58)/t34-,39+,41-,43-,45+,46-,47+,49-/m0/s1. The van der Waals surface area contributed by atoms with Crippen molar-refractivity contribution in [2.45, 2.75) is 172 Å². The third-order valence-corrected chi connectivity index (χ3v) is 12.3. The fourth-order valence-corrected chi connectivity index (χ4v) is 8.98. The first-order valence-corrected chi connectivity index (χ1v) is 22.1. The van der Waals surface area contributed by atoms with Crippen LogP contribution in [0.4, 0.5) is 0 Å². The average Bonchev–Trinajstić information content (AvgIpc) is 3.36. The summed E-state index contributed by atoms with van der Waals surface area (Å²) in [4.78, 5) is 11.9. The molecule has 0 saturated carbocycles. The van der Waals surface area contributed by atoms with E-state index >= 15 is 0 Å². The molecule has 0 bridgehead atoms. The number of benzene rings is 2. The van der Waals surface area contributed by atoms with Gasteiger partial charge in [-0.15, -0.1) is 0 Å². The molecule has 1 saturated heterocycles. The van der Waals surface area contributed by atoms with E-state index in [2.05, 4.69) is 42.4 Å². The number of phenols is 1. The normalized spacial score (nSPS) is 23.8. The summed E-state index contributed by atoms with van der Waals surface area (Å²) in [6, 6.07) is 12.3. The SMILES string of the molecule is CCCCC[C@H](O)C=CC1=C(C[C@H](O)CO)[C@H](CCC[C@H]2N[C@@H](C)CCC[C@@H]2CC(=O)O)N[C@@H]([C@@](C)(O)Cc2ccc(O)cc2CCO)CC#Cc2ccccc2CC1. The Labute approximate surface area is 352 Å². The van der Waals surface area contributed by atoms with Gasteiger partial charge in [0.2, 0.25) is 0 Å². The molecule has 8 atom stereocenters. The van der Waals surface area contributed by atoms with Crippen LogP contribution in [0.25, 0.3) is 0 Å². The van der Waals surface area contributed by atoms with Crippen molar-refractivity contribution in [3.63, 3.8) is 0 Å². The van der Waals surface area contributed by atoms with E-state index in [1.807, 2.05) is 30.4 Å². The first-order valence-electron chi connectivity index (χ1n) is 22.1. The largest absolute Gasteiger partial charge is 0.508 e. The smallest absolute Gasteiger partial charge is 0.303 e. The molecule has 0 radical (unpaired) electrons. The quantitative estimate of drug-likeness (QED) is 0.0546. The third-order valence-electron chi connectivity index (χ3n) is 12.3. The Balaban J connectivity index is 1.84. The number of aliphatic carboxylic acids is 1. The van der Waals surface area contributed by atoms with Gasteiger partial charge in [-0.25, -0.2) is 0 Å².